The highest BCUT2D eigenvalue weighted by Gasteiger charge is 2.08. The van der Waals surface area contributed by atoms with Crippen LogP contribution in [-0.4, -0.2) is 63.3 Å². The van der Waals surface area contributed by atoms with E-state index >= 15 is 0 Å². The van der Waals surface area contributed by atoms with Gasteiger partial charge in [-0.25, -0.2) is 0 Å². The first kappa shape index (κ1) is 13.9. The number of rotatable bonds is 8. The van der Waals surface area contributed by atoms with E-state index in [-0.39, 0.29) is 0 Å². The first-order valence-corrected chi connectivity index (χ1v) is 5.49. The van der Waals surface area contributed by atoms with E-state index in [2.05, 4.69) is 37.7 Å². The highest BCUT2D eigenvalue weighted by molar-refractivity contribution is 4.64. The molecule has 0 saturated carbocycles. The van der Waals surface area contributed by atoms with Gasteiger partial charge >= 0.3 is 0 Å². The molecule has 0 spiro atoms. The standard InChI is InChI=1S/C11H26N2O/c1-6-12(3)8-7-11(2)13(4)9-10-14-5/h11H,6-10H2,1-5H3. The minimum atomic E-state index is 0.638. The van der Waals surface area contributed by atoms with Crippen LogP contribution in [-0.2, 0) is 4.74 Å². The molecule has 86 valence electrons. The largest absolute Gasteiger partial charge is 0.383 e. The molecule has 0 saturated heterocycles. The summed E-state index contributed by atoms with van der Waals surface area (Å²) in [6.45, 7) is 8.62. The van der Waals surface area contributed by atoms with Crippen LogP contribution in [0.15, 0.2) is 0 Å². The van der Waals surface area contributed by atoms with E-state index in [1.165, 1.54) is 13.0 Å². The Morgan fingerprint density at radius 1 is 1.21 bits per heavy atom. The number of methoxy groups -OCH3 is 1. The van der Waals surface area contributed by atoms with Gasteiger partial charge in [-0.05, 0) is 40.5 Å². The molecule has 0 aliphatic carbocycles. The maximum absolute atomic E-state index is 5.06. The van der Waals surface area contributed by atoms with Crippen LogP contribution < -0.4 is 0 Å². The summed E-state index contributed by atoms with van der Waals surface area (Å²) in [5.41, 5.74) is 0. The first-order chi connectivity index (χ1) is 6.61. The second kappa shape index (κ2) is 8.21. The van der Waals surface area contributed by atoms with Crippen LogP contribution in [0.5, 0.6) is 0 Å². The Hall–Kier alpha value is -0.120. The summed E-state index contributed by atoms with van der Waals surface area (Å²) in [4.78, 5) is 4.70. The lowest BCUT2D eigenvalue weighted by Gasteiger charge is -2.26. The summed E-state index contributed by atoms with van der Waals surface area (Å²) < 4.78 is 5.06. The van der Waals surface area contributed by atoms with Gasteiger partial charge in [0.15, 0.2) is 0 Å². The third kappa shape index (κ3) is 6.35. The second-order valence-corrected chi connectivity index (χ2v) is 4.01. The maximum atomic E-state index is 5.06. The van der Waals surface area contributed by atoms with Crippen LogP contribution in [0.1, 0.15) is 20.3 Å². The van der Waals surface area contributed by atoms with Crippen LogP contribution in [0.2, 0.25) is 0 Å². The summed E-state index contributed by atoms with van der Waals surface area (Å²) in [5, 5.41) is 0. The zero-order chi connectivity index (χ0) is 11.0. The van der Waals surface area contributed by atoms with Gasteiger partial charge in [-0.1, -0.05) is 6.92 Å². The lowest BCUT2D eigenvalue weighted by atomic mass is 10.2. The molecular formula is C11H26N2O. The van der Waals surface area contributed by atoms with Crippen molar-refractivity contribution in [2.75, 3.05) is 47.4 Å². The summed E-state index contributed by atoms with van der Waals surface area (Å²) in [5.74, 6) is 0. The zero-order valence-electron chi connectivity index (χ0n) is 10.4. The lowest BCUT2D eigenvalue weighted by molar-refractivity contribution is 0.136. The molecule has 0 fully saturated rings. The molecule has 0 N–H and O–H groups in total. The smallest absolute Gasteiger partial charge is 0.0589 e. The van der Waals surface area contributed by atoms with Crippen molar-refractivity contribution < 1.29 is 4.74 Å². The fourth-order valence-corrected chi connectivity index (χ4v) is 1.24. The average Bonchev–Trinajstić information content (AvgIpc) is 2.21. The van der Waals surface area contributed by atoms with Crippen molar-refractivity contribution in [3.63, 3.8) is 0 Å². The summed E-state index contributed by atoms with van der Waals surface area (Å²) in [6, 6.07) is 0.638. The maximum Gasteiger partial charge on any atom is 0.0589 e. The van der Waals surface area contributed by atoms with Crippen LogP contribution in [0.3, 0.4) is 0 Å². The Labute approximate surface area is 89.0 Å². The second-order valence-electron chi connectivity index (χ2n) is 4.01. The highest BCUT2D eigenvalue weighted by atomic mass is 16.5. The predicted molar refractivity (Wildman–Crippen MR) is 61.8 cm³/mol. The molecule has 0 aliphatic heterocycles. The highest BCUT2D eigenvalue weighted by Crippen LogP contribution is 2.01. The normalized spacial score (nSPS) is 13.9. The third-order valence-corrected chi connectivity index (χ3v) is 2.87. The van der Waals surface area contributed by atoms with E-state index in [0.29, 0.717) is 6.04 Å². The van der Waals surface area contributed by atoms with Gasteiger partial charge in [-0.15, -0.1) is 0 Å². The lowest BCUT2D eigenvalue weighted by Crippen LogP contribution is -2.34. The van der Waals surface area contributed by atoms with Crippen molar-refractivity contribution in [2.45, 2.75) is 26.3 Å². The number of ether oxygens (including phenoxy) is 1. The van der Waals surface area contributed by atoms with Crippen LogP contribution in [0.25, 0.3) is 0 Å². The number of nitrogens with zero attached hydrogens (tertiary/aromatic N) is 2. The molecule has 1 unspecified atom stereocenters. The number of hydrogen-bond acceptors (Lipinski definition) is 3. The van der Waals surface area contributed by atoms with Gasteiger partial charge in [-0.2, -0.15) is 0 Å². The summed E-state index contributed by atoms with van der Waals surface area (Å²) in [6.07, 6.45) is 1.23. The fraction of sp³-hybridized carbons (Fsp3) is 1.00. The average molecular weight is 202 g/mol. The van der Waals surface area contributed by atoms with Gasteiger partial charge in [0.05, 0.1) is 6.61 Å². The van der Waals surface area contributed by atoms with Gasteiger partial charge < -0.3 is 14.5 Å². The van der Waals surface area contributed by atoms with Crippen LogP contribution in [0, 0.1) is 0 Å². The van der Waals surface area contributed by atoms with Crippen molar-refractivity contribution in [3.05, 3.63) is 0 Å². The molecule has 3 heteroatoms. The summed E-state index contributed by atoms with van der Waals surface area (Å²) in [7, 11) is 6.08. The molecule has 0 radical (unpaired) electrons. The minimum absolute atomic E-state index is 0.638. The van der Waals surface area contributed by atoms with E-state index in [0.717, 1.165) is 19.7 Å². The molecule has 0 rings (SSSR count). The molecule has 0 aromatic heterocycles. The van der Waals surface area contributed by atoms with E-state index < -0.39 is 0 Å². The molecule has 3 nitrogen and oxygen atoms in total. The molecule has 1 atom stereocenters. The monoisotopic (exact) mass is 202 g/mol. The van der Waals surface area contributed by atoms with Crippen molar-refractivity contribution >= 4 is 0 Å². The van der Waals surface area contributed by atoms with Crippen molar-refractivity contribution in [1.82, 2.24) is 9.80 Å². The van der Waals surface area contributed by atoms with Crippen molar-refractivity contribution in [2.24, 2.45) is 0 Å². The Morgan fingerprint density at radius 3 is 2.36 bits per heavy atom. The van der Waals surface area contributed by atoms with E-state index in [1.807, 2.05) is 0 Å². The first-order valence-electron chi connectivity index (χ1n) is 5.49. The zero-order valence-corrected chi connectivity index (χ0v) is 10.4. The Balaban J connectivity index is 3.55. The molecule has 14 heavy (non-hydrogen) atoms. The van der Waals surface area contributed by atoms with Gasteiger partial charge in [0, 0.05) is 19.7 Å². The Morgan fingerprint density at radius 2 is 1.86 bits per heavy atom. The fourth-order valence-electron chi connectivity index (χ4n) is 1.24. The van der Waals surface area contributed by atoms with E-state index in [1.54, 1.807) is 7.11 Å². The van der Waals surface area contributed by atoms with Gasteiger partial charge in [0.25, 0.3) is 0 Å². The van der Waals surface area contributed by atoms with Crippen LogP contribution >= 0.6 is 0 Å². The van der Waals surface area contributed by atoms with Gasteiger partial charge in [-0.3, -0.25) is 0 Å². The molecule has 0 bridgehead atoms. The Kier molecular flexibility index (Phi) is 8.14. The molecule has 0 heterocycles. The summed E-state index contributed by atoms with van der Waals surface area (Å²) >= 11 is 0. The number of hydrogen-bond donors (Lipinski definition) is 0. The van der Waals surface area contributed by atoms with Crippen molar-refractivity contribution in [3.8, 4) is 0 Å². The predicted octanol–water partition coefficient (Wildman–Crippen LogP) is 1.29. The third-order valence-electron chi connectivity index (χ3n) is 2.87. The number of likely N-dealkylation sites (N-methyl/N-ethyl adjacent to an activating group) is 1. The molecule has 0 aromatic carbocycles. The molecule has 0 amide bonds. The van der Waals surface area contributed by atoms with Crippen molar-refractivity contribution in [1.29, 1.82) is 0 Å². The topological polar surface area (TPSA) is 15.7 Å². The Bertz CT molecular complexity index is 130. The van der Waals surface area contributed by atoms with Gasteiger partial charge in [0.1, 0.15) is 0 Å². The molecule has 0 aliphatic rings. The van der Waals surface area contributed by atoms with Crippen LogP contribution in [0.4, 0.5) is 0 Å². The van der Waals surface area contributed by atoms with Gasteiger partial charge in [0.2, 0.25) is 0 Å². The SMILES string of the molecule is CCN(C)CCC(C)N(C)CCOC. The molecule has 0 aromatic rings. The molecular weight excluding hydrogens is 176 g/mol. The minimum Gasteiger partial charge on any atom is -0.383 e. The quantitative estimate of drug-likeness (QED) is 0.590. The van der Waals surface area contributed by atoms with E-state index in [9.17, 15) is 0 Å². The van der Waals surface area contributed by atoms with E-state index in [4.69, 9.17) is 4.74 Å².